The van der Waals surface area contributed by atoms with Crippen molar-refractivity contribution in [2.24, 2.45) is 0 Å². The first-order valence-electron chi connectivity index (χ1n) is 7.17. The predicted molar refractivity (Wildman–Crippen MR) is 93.2 cm³/mol. The highest BCUT2D eigenvalue weighted by molar-refractivity contribution is 9.11. The van der Waals surface area contributed by atoms with Crippen molar-refractivity contribution in [2.45, 2.75) is 44.3 Å². The summed E-state index contributed by atoms with van der Waals surface area (Å²) in [6.45, 7) is 8.32. The van der Waals surface area contributed by atoms with Crippen LogP contribution >= 0.6 is 27.7 Å². The molecule has 0 bridgehead atoms. The number of hydrogen-bond donors (Lipinski definition) is 1. The van der Waals surface area contributed by atoms with E-state index in [1.165, 1.54) is 41.3 Å². The van der Waals surface area contributed by atoms with Gasteiger partial charge in [-0.3, -0.25) is 0 Å². The van der Waals surface area contributed by atoms with Gasteiger partial charge in [-0.05, 0) is 43.7 Å². The molecule has 0 amide bonds. The van der Waals surface area contributed by atoms with Gasteiger partial charge in [-0.15, -0.1) is 6.58 Å². The lowest BCUT2D eigenvalue weighted by Gasteiger charge is -2.21. The van der Waals surface area contributed by atoms with Crippen LogP contribution in [0, 0.1) is 0 Å². The highest BCUT2D eigenvalue weighted by Gasteiger charge is 2.16. The van der Waals surface area contributed by atoms with E-state index in [-0.39, 0.29) is 0 Å². The summed E-state index contributed by atoms with van der Waals surface area (Å²) >= 11 is 5.59. The lowest BCUT2D eigenvalue weighted by molar-refractivity contribution is 0.630. The summed E-state index contributed by atoms with van der Waals surface area (Å²) in [4.78, 5) is 0. The molecule has 1 unspecified atom stereocenters. The Labute approximate surface area is 131 Å². The predicted octanol–water partition coefficient (Wildman–Crippen LogP) is 5.05. The average molecular weight is 344 g/mol. The summed E-state index contributed by atoms with van der Waals surface area (Å²) in [7, 11) is 0. The van der Waals surface area contributed by atoms with E-state index in [0.29, 0.717) is 5.25 Å². The van der Waals surface area contributed by atoms with Gasteiger partial charge >= 0.3 is 0 Å². The Morgan fingerprint density at radius 3 is 2.84 bits per heavy atom. The third-order valence-corrected chi connectivity index (χ3v) is 5.29. The number of allylic oxidation sites excluding steroid dienone is 2. The highest BCUT2D eigenvalue weighted by Crippen LogP contribution is 2.32. The maximum Gasteiger partial charge on any atom is 0.0435 e. The molecule has 1 aliphatic carbocycles. The van der Waals surface area contributed by atoms with E-state index in [2.05, 4.69) is 47.1 Å². The number of halogens is 1. The van der Waals surface area contributed by atoms with Crippen molar-refractivity contribution in [1.29, 1.82) is 0 Å². The SMILES string of the molecule is C=CC(SC)C1=CC(Br)=C(CNCCCCC)CC1. The smallest absolute Gasteiger partial charge is 0.0435 e. The second-order valence-corrected chi connectivity index (χ2v) is 6.78. The molecule has 1 aliphatic rings. The molecule has 19 heavy (non-hydrogen) atoms. The number of nitrogens with one attached hydrogen (secondary N) is 1. The first-order valence-corrected chi connectivity index (χ1v) is 9.25. The minimum absolute atomic E-state index is 0.464. The van der Waals surface area contributed by atoms with Gasteiger partial charge in [-0.1, -0.05) is 47.3 Å². The lowest BCUT2D eigenvalue weighted by atomic mass is 9.96. The van der Waals surface area contributed by atoms with Crippen molar-refractivity contribution in [3.8, 4) is 0 Å². The second kappa shape index (κ2) is 9.84. The first kappa shape index (κ1) is 17.1. The molecule has 0 fully saturated rings. The van der Waals surface area contributed by atoms with Crippen LogP contribution in [0.3, 0.4) is 0 Å². The van der Waals surface area contributed by atoms with Crippen molar-refractivity contribution < 1.29 is 0 Å². The molecule has 108 valence electrons. The number of rotatable bonds is 9. The number of unbranched alkanes of at least 4 members (excludes halogenated alkanes) is 2. The molecule has 0 aromatic heterocycles. The molecule has 0 aliphatic heterocycles. The summed E-state index contributed by atoms with van der Waals surface area (Å²) < 4.78 is 1.28. The minimum Gasteiger partial charge on any atom is -0.313 e. The van der Waals surface area contributed by atoms with Crippen LogP contribution in [0.2, 0.25) is 0 Å². The summed E-state index contributed by atoms with van der Waals surface area (Å²) in [6, 6.07) is 0. The Morgan fingerprint density at radius 1 is 1.47 bits per heavy atom. The zero-order chi connectivity index (χ0) is 14.1. The van der Waals surface area contributed by atoms with E-state index >= 15 is 0 Å². The van der Waals surface area contributed by atoms with Crippen LogP contribution in [0.15, 0.2) is 34.4 Å². The Balaban J connectivity index is 2.47. The molecule has 1 rings (SSSR count). The molecular formula is C16H26BrNS. The molecule has 1 atom stereocenters. The molecule has 0 heterocycles. The largest absolute Gasteiger partial charge is 0.313 e. The Hall–Kier alpha value is 0.01000. The summed E-state index contributed by atoms with van der Waals surface area (Å²) in [5.74, 6) is 0. The number of hydrogen-bond acceptors (Lipinski definition) is 2. The van der Waals surface area contributed by atoms with Crippen molar-refractivity contribution in [2.75, 3.05) is 19.3 Å². The molecule has 0 radical (unpaired) electrons. The molecular weight excluding hydrogens is 318 g/mol. The van der Waals surface area contributed by atoms with Crippen LogP contribution in [0.1, 0.15) is 39.0 Å². The highest BCUT2D eigenvalue weighted by atomic mass is 79.9. The van der Waals surface area contributed by atoms with Crippen LogP contribution in [0.4, 0.5) is 0 Å². The summed E-state index contributed by atoms with van der Waals surface area (Å²) in [5, 5.41) is 4.01. The molecule has 1 N–H and O–H groups in total. The zero-order valence-corrected chi connectivity index (χ0v) is 14.6. The first-order chi connectivity index (χ1) is 9.22. The Morgan fingerprint density at radius 2 is 2.26 bits per heavy atom. The van der Waals surface area contributed by atoms with Crippen molar-refractivity contribution in [1.82, 2.24) is 5.32 Å². The summed E-state index contributed by atoms with van der Waals surface area (Å²) in [5.41, 5.74) is 2.99. The van der Waals surface area contributed by atoms with Crippen LogP contribution in [0.5, 0.6) is 0 Å². The van der Waals surface area contributed by atoms with Crippen molar-refractivity contribution in [3.05, 3.63) is 34.4 Å². The lowest BCUT2D eigenvalue weighted by Crippen LogP contribution is -2.20. The molecule has 0 saturated carbocycles. The standard InChI is InChI=1S/C16H26BrNS/c1-4-6-7-10-18-12-14-9-8-13(11-15(14)17)16(5-2)19-3/h5,11,16,18H,2,4,6-10,12H2,1,3H3. The molecule has 0 spiro atoms. The molecule has 0 aromatic carbocycles. The van der Waals surface area contributed by atoms with Gasteiger partial charge in [0.1, 0.15) is 0 Å². The van der Waals surface area contributed by atoms with Gasteiger partial charge in [0, 0.05) is 16.3 Å². The number of thioether (sulfide) groups is 1. The van der Waals surface area contributed by atoms with Gasteiger partial charge < -0.3 is 5.32 Å². The Bertz CT molecular complexity index is 347. The fraction of sp³-hybridized carbons (Fsp3) is 0.625. The van der Waals surface area contributed by atoms with Gasteiger partial charge in [0.2, 0.25) is 0 Å². The zero-order valence-electron chi connectivity index (χ0n) is 12.2. The van der Waals surface area contributed by atoms with Crippen molar-refractivity contribution in [3.63, 3.8) is 0 Å². The molecule has 1 nitrogen and oxygen atoms in total. The fourth-order valence-corrected chi connectivity index (χ4v) is 3.60. The normalized spacial score (nSPS) is 17.3. The van der Waals surface area contributed by atoms with E-state index in [9.17, 15) is 0 Å². The maximum atomic E-state index is 3.92. The third kappa shape index (κ3) is 5.88. The van der Waals surface area contributed by atoms with Gasteiger partial charge in [-0.2, -0.15) is 11.8 Å². The van der Waals surface area contributed by atoms with Crippen LogP contribution in [0.25, 0.3) is 0 Å². The summed E-state index contributed by atoms with van der Waals surface area (Å²) in [6.07, 6.45) is 12.7. The van der Waals surface area contributed by atoms with Gasteiger partial charge in [0.05, 0.1) is 0 Å². The minimum atomic E-state index is 0.464. The van der Waals surface area contributed by atoms with E-state index in [1.54, 1.807) is 0 Å². The van der Waals surface area contributed by atoms with Gasteiger partial charge in [0.15, 0.2) is 0 Å². The van der Waals surface area contributed by atoms with Gasteiger partial charge in [0.25, 0.3) is 0 Å². The van der Waals surface area contributed by atoms with E-state index < -0.39 is 0 Å². The molecule has 3 heteroatoms. The van der Waals surface area contributed by atoms with Crippen LogP contribution in [-0.2, 0) is 0 Å². The molecule has 0 aromatic rings. The van der Waals surface area contributed by atoms with Crippen molar-refractivity contribution >= 4 is 27.7 Å². The average Bonchev–Trinajstić information content (AvgIpc) is 2.42. The van der Waals surface area contributed by atoms with Gasteiger partial charge in [-0.25, -0.2) is 0 Å². The van der Waals surface area contributed by atoms with Crippen LogP contribution < -0.4 is 5.32 Å². The second-order valence-electron chi connectivity index (χ2n) is 4.95. The Kier molecular flexibility index (Phi) is 8.84. The monoisotopic (exact) mass is 343 g/mol. The van der Waals surface area contributed by atoms with E-state index in [1.807, 2.05) is 17.8 Å². The molecule has 0 saturated heterocycles. The topological polar surface area (TPSA) is 12.0 Å². The fourth-order valence-electron chi connectivity index (χ4n) is 2.29. The van der Waals surface area contributed by atoms with E-state index in [0.717, 1.165) is 19.5 Å². The third-order valence-electron chi connectivity index (χ3n) is 3.49. The maximum absolute atomic E-state index is 3.92. The van der Waals surface area contributed by atoms with E-state index in [4.69, 9.17) is 0 Å². The van der Waals surface area contributed by atoms with Crippen LogP contribution in [-0.4, -0.2) is 24.6 Å². The quantitative estimate of drug-likeness (QED) is 0.464.